The van der Waals surface area contributed by atoms with E-state index in [9.17, 15) is 0 Å². The van der Waals surface area contributed by atoms with Gasteiger partial charge in [0.15, 0.2) is 0 Å². The van der Waals surface area contributed by atoms with Crippen LogP contribution in [0.2, 0.25) is 0 Å². The Bertz CT molecular complexity index is 356. The minimum Gasteiger partial charge on any atom is -0.269 e. The SMILES string of the molecule is CCCC(C)C1=[C-]CC=C1.CCCC(C)C1=[C-]CC=C1.Cl.Cl.[Ti+2]. The Morgan fingerprint density at radius 2 is 1.17 bits per heavy atom. The molecule has 0 aromatic rings. The van der Waals surface area contributed by atoms with Crippen molar-refractivity contribution < 1.29 is 21.7 Å². The monoisotopic (exact) mass is 390 g/mol. The third kappa shape index (κ3) is 11.4. The van der Waals surface area contributed by atoms with Crippen molar-refractivity contribution in [1.82, 2.24) is 0 Å². The molecule has 3 heteroatoms. The summed E-state index contributed by atoms with van der Waals surface area (Å²) >= 11 is 0. The third-order valence-electron chi connectivity index (χ3n) is 3.95. The summed E-state index contributed by atoms with van der Waals surface area (Å²) in [4.78, 5) is 0. The van der Waals surface area contributed by atoms with Crippen molar-refractivity contribution in [2.24, 2.45) is 11.8 Å². The fraction of sp³-hybridized carbons (Fsp3) is 0.600. The van der Waals surface area contributed by atoms with Crippen molar-refractivity contribution in [3.8, 4) is 0 Å². The molecule has 0 aliphatic heterocycles. The molecular formula is C20H32Cl2Ti. The van der Waals surface area contributed by atoms with E-state index < -0.39 is 0 Å². The molecule has 2 unspecified atom stereocenters. The van der Waals surface area contributed by atoms with E-state index in [0.29, 0.717) is 0 Å². The Hall–Kier alpha value is 0.254. The molecule has 0 N–H and O–H groups in total. The van der Waals surface area contributed by atoms with Crippen LogP contribution in [0.1, 0.15) is 66.2 Å². The van der Waals surface area contributed by atoms with E-state index in [2.05, 4.69) is 64.2 Å². The van der Waals surface area contributed by atoms with E-state index in [1.54, 1.807) is 0 Å². The van der Waals surface area contributed by atoms with Crippen LogP contribution in [0.5, 0.6) is 0 Å². The minimum absolute atomic E-state index is 0. The summed E-state index contributed by atoms with van der Waals surface area (Å²) in [5, 5.41) is 0. The maximum Gasteiger partial charge on any atom is 2.00 e. The van der Waals surface area contributed by atoms with Gasteiger partial charge in [0, 0.05) is 0 Å². The van der Waals surface area contributed by atoms with Crippen LogP contribution in [0.25, 0.3) is 0 Å². The molecule has 2 aliphatic rings. The van der Waals surface area contributed by atoms with Gasteiger partial charge in [-0.15, -0.1) is 37.7 Å². The van der Waals surface area contributed by atoms with Gasteiger partial charge in [0.05, 0.1) is 0 Å². The summed E-state index contributed by atoms with van der Waals surface area (Å²) in [5.41, 5.74) is 2.84. The van der Waals surface area contributed by atoms with E-state index in [0.717, 1.165) is 24.7 Å². The Morgan fingerprint density at radius 3 is 1.39 bits per heavy atom. The van der Waals surface area contributed by atoms with Gasteiger partial charge in [0.2, 0.25) is 0 Å². The van der Waals surface area contributed by atoms with Crippen molar-refractivity contribution in [3.05, 3.63) is 47.6 Å². The maximum atomic E-state index is 3.35. The fourth-order valence-electron chi connectivity index (χ4n) is 2.70. The standard InChI is InChI=1S/2C10H15.2ClH.Ti/c2*1-3-6-9(2)10-7-4-5-8-10;;;/h2*4,7,9H,3,5-6H2,1-2H3;2*1H;/q2*-1;;;+2. The molecule has 0 bridgehead atoms. The summed E-state index contributed by atoms with van der Waals surface area (Å²) in [7, 11) is 0. The van der Waals surface area contributed by atoms with Crippen LogP contribution in [-0.4, -0.2) is 0 Å². The number of allylic oxidation sites excluding steroid dienone is 8. The predicted molar refractivity (Wildman–Crippen MR) is 104 cm³/mol. The van der Waals surface area contributed by atoms with E-state index in [1.165, 1.54) is 36.8 Å². The molecule has 0 spiro atoms. The molecule has 0 saturated heterocycles. The van der Waals surface area contributed by atoms with Gasteiger partial charge >= 0.3 is 21.7 Å². The molecule has 2 rings (SSSR count). The smallest absolute Gasteiger partial charge is 0.269 e. The van der Waals surface area contributed by atoms with E-state index >= 15 is 0 Å². The molecule has 0 fully saturated rings. The largest absolute Gasteiger partial charge is 2.00 e. The van der Waals surface area contributed by atoms with Crippen molar-refractivity contribution in [2.45, 2.75) is 66.2 Å². The zero-order valence-electron chi connectivity index (χ0n) is 15.0. The molecule has 0 aromatic carbocycles. The summed E-state index contributed by atoms with van der Waals surface area (Å²) < 4.78 is 0. The van der Waals surface area contributed by atoms with E-state index in [4.69, 9.17) is 0 Å². The zero-order valence-corrected chi connectivity index (χ0v) is 18.2. The molecule has 0 heterocycles. The van der Waals surface area contributed by atoms with Crippen LogP contribution in [0.3, 0.4) is 0 Å². The molecule has 0 amide bonds. The second-order valence-electron chi connectivity index (χ2n) is 5.86. The van der Waals surface area contributed by atoms with Crippen molar-refractivity contribution in [2.75, 3.05) is 0 Å². The van der Waals surface area contributed by atoms with Crippen molar-refractivity contribution in [3.63, 3.8) is 0 Å². The van der Waals surface area contributed by atoms with E-state index in [1.807, 2.05) is 0 Å². The van der Waals surface area contributed by atoms with Gasteiger partial charge in [-0.3, -0.25) is 12.2 Å². The first kappa shape index (κ1) is 28.1. The summed E-state index contributed by atoms with van der Waals surface area (Å²) in [6.45, 7) is 9.02. The van der Waals surface area contributed by atoms with Gasteiger partial charge in [-0.2, -0.15) is 12.2 Å². The van der Waals surface area contributed by atoms with Gasteiger partial charge < -0.3 is 0 Å². The van der Waals surface area contributed by atoms with Crippen LogP contribution in [0, 0.1) is 24.0 Å². The predicted octanol–water partition coefficient (Wildman–Crippen LogP) is 7.07. The van der Waals surface area contributed by atoms with Crippen LogP contribution in [0.15, 0.2) is 35.5 Å². The summed E-state index contributed by atoms with van der Waals surface area (Å²) in [5.74, 6) is 1.45. The fourth-order valence-corrected chi connectivity index (χ4v) is 2.70. The summed E-state index contributed by atoms with van der Waals surface area (Å²) in [6, 6.07) is 0. The second-order valence-corrected chi connectivity index (χ2v) is 5.86. The average Bonchev–Trinajstić information content (AvgIpc) is 3.14. The number of halogens is 2. The van der Waals surface area contributed by atoms with Gasteiger partial charge in [0.25, 0.3) is 0 Å². The van der Waals surface area contributed by atoms with E-state index in [-0.39, 0.29) is 46.5 Å². The average molecular weight is 391 g/mol. The first-order chi connectivity index (χ1) is 9.69. The number of hydrogen-bond donors (Lipinski definition) is 0. The molecule has 0 aromatic heterocycles. The Kier molecular flexibility index (Phi) is 20.9. The third-order valence-corrected chi connectivity index (χ3v) is 3.95. The minimum atomic E-state index is 0. The van der Waals surface area contributed by atoms with Crippen molar-refractivity contribution >= 4 is 24.8 Å². The van der Waals surface area contributed by atoms with Crippen LogP contribution >= 0.6 is 24.8 Å². The quantitative estimate of drug-likeness (QED) is 0.336. The van der Waals surface area contributed by atoms with Crippen LogP contribution in [-0.2, 0) is 21.7 Å². The Morgan fingerprint density at radius 1 is 0.826 bits per heavy atom. The Labute approximate surface area is 171 Å². The molecule has 0 saturated carbocycles. The molecule has 2 aliphatic carbocycles. The van der Waals surface area contributed by atoms with Gasteiger partial charge in [-0.05, 0) is 12.8 Å². The first-order valence-corrected chi connectivity index (χ1v) is 8.23. The first-order valence-electron chi connectivity index (χ1n) is 8.23. The van der Waals surface area contributed by atoms with Gasteiger partial charge in [0.1, 0.15) is 0 Å². The Balaban J connectivity index is -0.000000308. The van der Waals surface area contributed by atoms with Gasteiger partial charge in [-0.25, -0.2) is 23.3 Å². The molecular weight excluding hydrogens is 359 g/mol. The molecule has 23 heavy (non-hydrogen) atoms. The van der Waals surface area contributed by atoms with Crippen LogP contribution in [0.4, 0.5) is 0 Å². The summed E-state index contributed by atoms with van der Waals surface area (Å²) in [6.07, 6.45) is 22.7. The normalized spacial score (nSPS) is 16.7. The molecule has 0 radical (unpaired) electrons. The second kappa shape index (κ2) is 17.1. The number of rotatable bonds is 6. The maximum absolute atomic E-state index is 3.35. The topological polar surface area (TPSA) is 0 Å². The van der Waals surface area contributed by atoms with Gasteiger partial charge in [-0.1, -0.05) is 52.4 Å². The zero-order chi connectivity index (χ0) is 14.8. The molecule has 2 atom stereocenters. The molecule has 0 nitrogen and oxygen atoms in total. The number of hydrogen-bond acceptors (Lipinski definition) is 0. The van der Waals surface area contributed by atoms with Crippen LogP contribution < -0.4 is 0 Å². The molecule has 130 valence electrons. The van der Waals surface area contributed by atoms with Crippen molar-refractivity contribution in [1.29, 1.82) is 0 Å².